The zero-order valence-electron chi connectivity index (χ0n) is 28.3. The number of nitrogens with zero attached hydrogens (tertiary/aromatic N) is 2. The Morgan fingerprint density at radius 2 is 1.17 bits per heavy atom. The normalized spacial score (nSPS) is 13.1. The Balaban J connectivity index is 1.18. The third-order valence-electron chi connectivity index (χ3n) is 9.17. The van der Waals surface area contributed by atoms with Crippen LogP contribution in [0.3, 0.4) is 0 Å². The summed E-state index contributed by atoms with van der Waals surface area (Å²) in [5.41, 5.74) is 2.49. The van der Waals surface area contributed by atoms with Gasteiger partial charge in [-0.1, -0.05) is 30.3 Å². The number of aldehydes is 2. The zero-order chi connectivity index (χ0) is 37.4. The van der Waals surface area contributed by atoms with E-state index in [9.17, 15) is 34.2 Å². The highest BCUT2D eigenvalue weighted by Gasteiger charge is 2.53. The molecule has 266 valence electrons. The van der Waals surface area contributed by atoms with Crippen LogP contribution >= 0.6 is 0 Å². The first kappa shape index (κ1) is 34.3. The van der Waals surface area contributed by atoms with Crippen molar-refractivity contribution in [1.29, 1.82) is 0 Å². The Kier molecular flexibility index (Phi) is 8.75. The van der Waals surface area contributed by atoms with Gasteiger partial charge in [-0.3, -0.25) is 19.4 Å². The van der Waals surface area contributed by atoms with Crippen molar-refractivity contribution >= 4 is 42.1 Å². The lowest BCUT2D eigenvalue weighted by molar-refractivity contribution is 0.0224. The predicted molar refractivity (Wildman–Crippen MR) is 189 cm³/mol. The molecule has 5 aromatic rings. The fourth-order valence-electron chi connectivity index (χ4n) is 6.32. The van der Waals surface area contributed by atoms with Gasteiger partial charge in [0.1, 0.15) is 36.2 Å². The van der Waals surface area contributed by atoms with Crippen LogP contribution in [0.1, 0.15) is 58.9 Å². The van der Waals surface area contributed by atoms with Gasteiger partial charge in [0.25, 0.3) is 0 Å². The molecule has 13 heteroatoms. The Morgan fingerprint density at radius 3 is 1.64 bits per heavy atom. The van der Waals surface area contributed by atoms with Gasteiger partial charge < -0.3 is 29.2 Å². The molecule has 0 bridgehead atoms. The van der Waals surface area contributed by atoms with Gasteiger partial charge in [0.2, 0.25) is 0 Å². The monoisotopic (exact) mass is 714 g/mol. The van der Waals surface area contributed by atoms with Gasteiger partial charge >= 0.3 is 18.2 Å². The molecule has 2 aliphatic rings. The fraction of sp³-hybridized carbons (Fsp3) is 0.125. The molecule has 5 aromatic carbocycles. The number of rotatable bonds is 8. The highest BCUT2D eigenvalue weighted by Crippen LogP contribution is 2.57. The maximum absolute atomic E-state index is 13.3. The van der Waals surface area contributed by atoms with E-state index in [0.717, 1.165) is 0 Å². The molecule has 0 aliphatic carbocycles. The molecular weight excluding hydrogens is 684 g/mol. The molecule has 2 aliphatic heterocycles. The van der Waals surface area contributed by atoms with E-state index in [4.69, 9.17) is 18.9 Å². The van der Waals surface area contributed by atoms with Crippen molar-refractivity contribution in [3.8, 4) is 23.0 Å². The molecule has 2 amide bonds. The molecule has 13 nitrogen and oxygen atoms in total. The van der Waals surface area contributed by atoms with Crippen LogP contribution in [0.5, 0.6) is 23.0 Å². The number of carbonyl (C=O) groups is 5. The van der Waals surface area contributed by atoms with Crippen LogP contribution in [0.25, 0.3) is 0 Å². The number of phenolic OH excluding ortho intramolecular Hbond substituents is 2. The van der Waals surface area contributed by atoms with E-state index in [0.29, 0.717) is 57.3 Å². The number of amides is 2. The molecule has 0 fully saturated rings. The molecule has 2 N–H and O–H groups in total. The standard InChI is InChI=1S/C40H30N2O11/c1-41(38(48)50-21-23-7-9-25(19-43)33(45)15-23)27-11-13-31-35(17-27)52-36-18-28(42(2)39(49)51-22-24-8-10-26(20-44)34(46)16-24)12-14-32(36)40(31)30-6-4-3-5-29(30)37(47)53-40/h3-20,45-46H,21-22H2,1-2H3. The molecule has 0 saturated carbocycles. The van der Waals surface area contributed by atoms with Gasteiger partial charge in [-0.2, -0.15) is 0 Å². The maximum atomic E-state index is 13.3. The van der Waals surface area contributed by atoms with Gasteiger partial charge in [-0.15, -0.1) is 0 Å². The van der Waals surface area contributed by atoms with Crippen LogP contribution in [-0.2, 0) is 33.0 Å². The number of benzene rings is 5. The number of esters is 1. The molecule has 0 saturated heterocycles. The summed E-state index contributed by atoms with van der Waals surface area (Å²) >= 11 is 0. The number of ether oxygens (including phenoxy) is 4. The van der Waals surface area contributed by atoms with Crippen molar-refractivity contribution in [3.63, 3.8) is 0 Å². The lowest BCUT2D eigenvalue weighted by Gasteiger charge is -2.37. The fourth-order valence-corrected chi connectivity index (χ4v) is 6.32. The highest BCUT2D eigenvalue weighted by atomic mass is 16.6. The van der Waals surface area contributed by atoms with Crippen LogP contribution in [0, 0.1) is 0 Å². The van der Waals surface area contributed by atoms with Gasteiger partial charge in [-0.25, -0.2) is 14.4 Å². The molecule has 0 aromatic heterocycles. The molecule has 0 unspecified atom stereocenters. The summed E-state index contributed by atoms with van der Waals surface area (Å²) < 4.78 is 23.6. The van der Waals surface area contributed by atoms with Crippen molar-refractivity contribution in [2.24, 2.45) is 0 Å². The largest absolute Gasteiger partial charge is 0.507 e. The first-order valence-electron chi connectivity index (χ1n) is 16.2. The Morgan fingerprint density at radius 1 is 0.679 bits per heavy atom. The molecule has 53 heavy (non-hydrogen) atoms. The van der Waals surface area contributed by atoms with Crippen molar-refractivity contribution in [2.75, 3.05) is 23.9 Å². The molecule has 0 atom stereocenters. The van der Waals surface area contributed by atoms with E-state index in [1.807, 2.05) is 0 Å². The predicted octanol–water partition coefficient (Wildman–Crippen LogP) is 6.84. The number of hydrogen-bond donors (Lipinski definition) is 2. The second-order valence-electron chi connectivity index (χ2n) is 12.3. The van der Waals surface area contributed by atoms with Gasteiger partial charge in [0.05, 0.1) is 28.1 Å². The summed E-state index contributed by atoms with van der Waals surface area (Å²) in [6.45, 7) is -0.345. The molecule has 7 rings (SSSR count). The van der Waals surface area contributed by atoms with E-state index in [1.165, 1.54) is 48.2 Å². The lowest BCUT2D eigenvalue weighted by atomic mass is 9.77. The van der Waals surface area contributed by atoms with Crippen LogP contribution in [-0.4, -0.2) is 55.0 Å². The van der Waals surface area contributed by atoms with Crippen LogP contribution in [0.15, 0.2) is 97.1 Å². The van der Waals surface area contributed by atoms with Crippen LogP contribution < -0.4 is 14.5 Å². The topological polar surface area (TPSA) is 169 Å². The SMILES string of the molecule is CN(C(=O)OCc1ccc(C=O)c(O)c1)c1ccc2c(c1)Oc1cc(N(C)C(=O)OCc3ccc(C=O)c(O)c3)ccc1C21OC(=O)c2ccccc21. The minimum atomic E-state index is -1.42. The smallest absolute Gasteiger partial charge is 0.414 e. The third kappa shape index (κ3) is 6.03. The van der Waals surface area contributed by atoms with E-state index in [1.54, 1.807) is 72.8 Å². The van der Waals surface area contributed by atoms with E-state index in [-0.39, 0.29) is 47.3 Å². The minimum Gasteiger partial charge on any atom is -0.507 e. The third-order valence-corrected chi connectivity index (χ3v) is 9.17. The van der Waals surface area contributed by atoms with Gasteiger partial charge in [-0.05, 0) is 65.7 Å². The molecule has 0 radical (unpaired) electrons. The zero-order valence-corrected chi connectivity index (χ0v) is 28.3. The highest BCUT2D eigenvalue weighted by molar-refractivity contribution is 5.97. The number of anilines is 2. The van der Waals surface area contributed by atoms with E-state index in [2.05, 4.69) is 0 Å². The summed E-state index contributed by atoms with van der Waals surface area (Å²) in [6, 6.07) is 25.6. The lowest BCUT2D eigenvalue weighted by Crippen LogP contribution is -2.34. The van der Waals surface area contributed by atoms with Crippen molar-refractivity contribution in [3.05, 3.63) is 142 Å². The quantitative estimate of drug-likeness (QED) is 0.0981. The Labute approximate surface area is 302 Å². The van der Waals surface area contributed by atoms with Crippen molar-refractivity contribution < 1.29 is 53.1 Å². The number of carbonyl (C=O) groups excluding carboxylic acids is 5. The van der Waals surface area contributed by atoms with Crippen molar-refractivity contribution in [2.45, 2.75) is 18.8 Å². The van der Waals surface area contributed by atoms with Crippen LogP contribution in [0.2, 0.25) is 0 Å². The van der Waals surface area contributed by atoms with Gasteiger partial charge in [0, 0.05) is 42.9 Å². The summed E-state index contributed by atoms with van der Waals surface area (Å²) in [7, 11) is 3.01. The number of hydrogen-bond acceptors (Lipinski definition) is 11. The summed E-state index contributed by atoms with van der Waals surface area (Å²) in [5.74, 6) is -0.448. The molecule has 1 spiro atoms. The van der Waals surface area contributed by atoms with Crippen molar-refractivity contribution in [1.82, 2.24) is 0 Å². The average molecular weight is 715 g/mol. The Hall–Kier alpha value is -7.15. The summed E-state index contributed by atoms with van der Waals surface area (Å²) in [5, 5.41) is 20.0. The van der Waals surface area contributed by atoms with E-state index < -0.39 is 23.8 Å². The second-order valence-corrected chi connectivity index (χ2v) is 12.3. The maximum Gasteiger partial charge on any atom is 0.414 e. The minimum absolute atomic E-state index is 0.112. The van der Waals surface area contributed by atoms with Gasteiger partial charge in [0.15, 0.2) is 18.2 Å². The Bertz CT molecular complexity index is 2210. The number of fused-ring (bicyclic) bond motifs is 6. The first-order chi connectivity index (χ1) is 25.5. The molecule has 2 heterocycles. The number of aromatic hydroxyl groups is 2. The summed E-state index contributed by atoms with van der Waals surface area (Å²) in [6.07, 6.45) is -0.397. The number of phenols is 2. The second kappa shape index (κ2) is 13.5. The summed E-state index contributed by atoms with van der Waals surface area (Å²) in [4.78, 5) is 64.1. The molecular formula is C40H30N2O11. The van der Waals surface area contributed by atoms with E-state index >= 15 is 0 Å². The van der Waals surface area contributed by atoms with Crippen LogP contribution in [0.4, 0.5) is 21.0 Å². The first-order valence-corrected chi connectivity index (χ1v) is 16.2. The average Bonchev–Trinajstić information content (AvgIpc) is 3.47.